The van der Waals surface area contributed by atoms with Crippen LogP contribution in [0.1, 0.15) is 23.7 Å². The van der Waals surface area contributed by atoms with E-state index in [4.69, 9.17) is 5.26 Å². The van der Waals surface area contributed by atoms with E-state index >= 15 is 0 Å². The van der Waals surface area contributed by atoms with Crippen molar-refractivity contribution in [1.82, 2.24) is 20.2 Å². The van der Waals surface area contributed by atoms with Crippen LogP contribution in [0, 0.1) is 11.3 Å². The standard InChI is InChI=1S/C18H20N6O2/c1-2-13-7-12(9-19)3-4-15(13)23-18(26)24-6-5-21-17(25)16(24)8-14-10-20-11-22-14/h3-4,7,10-11,16H,2,5-6,8H2,1H3,(H,20,22)(H,21,25)(H,23,26)/t16-/m1/s1. The Morgan fingerprint density at radius 3 is 3.04 bits per heavy atom. The maximum absolute atomic E-state index is 12.8. The number of aromatic nitrogens is 2. The van der Waals surface area contributed by atoms with Crippen LogP contribution in [0.5, 0.6) is 0 Å². The predicted octanol–water partition coefficient (Wildman–Crippen LogP) is 1.42. The Kier molecular flexibility index (Phi) is 5.17. The Hall–Kier alpha value is -3.34. The molecule has 2 aromatic rings. The van der Waals surface area contributed by atoms with Crippen molar-refractivity contribution >= 4 is 17.6 Å². The number of nitriles is 1. The number of benzene rings is 1. The fourth-order valence-corrected chi connectivity index (χ4v) is 3.03. The molecule has 134 valence electrons. The van der Waals surface area contributed by atoms with Crippen LogP contribution >= 0.6 is 0 Å². The quantitative estimate of drug-likeness (QED) is 0.772. The molecular formula is C18H20N6O2. The highest BCUT2D eigenvalue weighted by molar-refractivity contribution is 5.95. The topological polar surface area (TPSA) is 114 Å². The van der Waals surface area contributed by atoms with Crippen LogP contribution < -0.4 is 10.6 Å². The molecule has 3 N–H and O–H groups in total. The number of amides is 3. The zero-order chi connectivity index (χ0) is 18.5. The molecule has 8 nitrogen and oxygen atoms in total. The average molecular weight is 352 g/mol. The van der Waals surface area contributed by atoms with Gasteiger partial charge in [0.2, 0.25) is 5.91 Å². The van der Waals surface area contributed by atoms with Crippen LogP contribution in [-0.4, -0.2) is 45.9 Å². The molecule has 0 aliphatic carbocycles. The van der Waals surface area contributed by atoms with Gasteiger partial charge in [-0.05, 0) is 30.2 Å². The fourth-order valence-electron chi connectivity index (χ4n) is 3.03. The zero-order valence-electron chi connectivity index (χ0n) is 14.5. The Labute approximate surface area is 151 Å². The highest BCUT2D eigenvalue weighted by atomic mass is 16.2. The first-order valence-corrected chi connectivity index (χ1v) is 8.48. The van der Waals surface area contributed by atoms with E-state index in [0.717, 1.165) is 11.3 Å². The molecule has 1 atom stereocenters. The van der Waals surface area contributed by atoms with Gasteiger partial charge in [-0.3, -0.25) is 4.79 Å². The normalized spacial score (nSPS) is 16.7. The molecule has 1 aromatic carbocycles. The third-order valence-electron chi connectivity index (χ3n) is 4.42. The largest absolute Gasteiger partial charge is 0.353 e. The molecule has 0 bridgehead atoms. The number of urea groups is 1. The summed E-state index contributed by atoms with van der Waals surface area (Å²) in [5, 5.41) is 14.7. The highest BCUT2D eigenvalue weighted by Crippen LogP contribution is 2.20. The van der Waals surface area contributed by atoms with Gasteiger partial charge in [-0.25, -0.2) is 9.78 Å². The zero-order valence-corrected chi connectivity index (χ0v) is 14.5. The first-order chi connectivity index (χ1) is 12.6. The molecule has 0 radical (unpaired) electrons. The van der Waals surface area contributed by atoms with E-state index in [-0.39, 0.29) is 11.9 Å². The number of hydrogen-bond acceptors (Lipinski definition) is 4. The molecule has 8 heteroatoms. The summed E-state index contributed by atoms with van der Waals surface area (Å²) in [6.07, 6.45) is 4.25. The summed E-state index contributed by atoms with van der Waals surface area (Å²) in [6.45, 7) is 2.80. The van der Waals surface area contributed by atoms with Gasteiger partial charge in [0.1, 0.15) is 6.04 Å². The molecule has 1 fully saturated rings. The van der Waals surface area contributed by atoms with E-state index in [1.807, 2.05) is 6.92 Å². The SMILES string of the molecule is CCc1cc(C#N)ccc1NC(=O)N1CCNC(=O)[C@H]1Cc1cnc[nH]1. The Balaban J connectivity index is 1.79. The van der Waals surface area contributed by atoms with Crippen molar-refractivity contribution in [2.45, 2.75) is 25.8 Å². The van der Waals surface area contributed by atoms with Crippen LogP contribution in [0.3, 0.4) is 0 Å². The van der Waals surface area contributed by atoms with Gasteiger partial charge in [0, 0.05) is 37.1 Å². The highest BCUT2D eigenvalue weighted by Gasteiger charge is 2.33. The minimum atomic E-state index is -0.604. The number of H-pyrrole nitrogens is 1. The molecule has 1 aromatic heterocycles. The second kappa shape index (κ2) is 7.70. The summed E-state index contributed by atoms with van der Waals surface area (Å²) in [7, 11) is 0. The number of piperazine rings is 1. The van der Waals surface area contributed by atoms with Gasteiger partial charge in [-0.2, -0.15) is 5.26 Å². The molecule has 1 saturated heterocycles. The van der Waals surface area contributed by atoms with E-state index in [9.17, 15) is 9.59 Å². The number of aromatic amines is 1. The number of aryl methyl sites for hydroxylation is 1. The summed E-state index contributed by atoms with van der Waals surface area (Å²) >= 11 is 0. The van der Waals surface area contributed by atoms with Crippen LogP contribution in [-0.2, 0) is 17.6 Å². The summed E-state index contributed by atoms with van der Waals surface area (Å²) in [5.41, 5.74) is 2.87. The van der Waals surface area contributed by atoms with E-state index in [1.54, 1.807) is 30.7 Å². The number of carbonyl (C=O) groups is 2. The number of carbonyl (C=O) groups excluding carboxylic acids is 2. The monoisotopic (exact) mass is 352 g/mol. The number of anilines is 1. The fraction of sp³-hybridized carbons (Fsp3) is 0.333. The van der Waals surface area contributed by atoms with Crippen molar-refractivity contribution in [1.29, 1.82) is 5.26 Å². The number of hydrogen-bond donors (Lipinski definition) is 3. The van der Waals surface area contributed by atoms with Gasteiger partial charge in [-0.1, -0.05) is 6.92 Å². The third kappa shape index (κ3) is 3.67. The van der Waals surface area contributed by atoms with Crippen molar-refractivity contribution in [2.75, 3.05) is 18.4 Å². The Morgan fingerprint density at radius 1 is 1.50 bits per heavy atom. The molecule has 26 heavy (non-hydrogen) atoms. The van der Waals surface area contributed by atoms with Gasteiger partial charge in [0.05, 0.1) is 18.0 Å². The van der Waals surface area contributed by atoms with Crippen molar-refractivity contribution in [3.63, 3.8) is 0 Å². The third-order valence-corrected chi connectivity index (χ3v) is 4.42. The van der Waals surface area contributed by atoms with Gasteiger partial charge < -0.3 is 20.5 Å². The van der Waals surface area contributed by atoms with Crippen LogP contribution in [0.15, 0.2) is 30.7 Å². The Bertz CT molecular complexity index is 840. The summed E-state index contributed by atoms with van der Waals surface area (Å²) < 4.78 is 0. The lowest BCUT2D eigenvalue weighted by atomic mass is 10.1. The molecule has 0 spiro atoms. The number of rotatable bonds is 4. The molecule has 0 unspecified atom stereocenters. The van der Waals surface area contributed by atoms with Crippen LogP contribution in [0.25, 0.3) is 0 Å². The number of nitrogens with zero attached hydrogens (tertiary/aromatic N) is 3. The second-order valence-corrected chi connectivity index (χ2v) is 6.05. The lowest BCUT2D eigenvalue weighted by Crippen LogP contribution is -2.59. The maximum atomic E-state index is 12.8. The summed E-state index contributed by atoms with van der Waals surface area (Å²) in [5.74, 6) is -0.184. The van der Waals surface area contributed by atoms with Gasteiger partial charge in [0.25, 0.3) is 0 Å². The van der Waals surface area contributed by atoms with Crippen molar-refractivity contribution in [3.05, 3.63) is 47.5 Å². The molecule has 0 saturated carbocycles. The molecule has 3 rings (SSSR count). The predicted molar refractivity (Wildman–Crippen MR) is 95.3 cm³/mol. The van der Waals surface area contributed by atoms with Gasteiger partial charge >= 0.3 is 6.03 Å². The summed E-state index contributed by atoms with van der Waals surface area (Å²) in [6, 6.07) is 6.32. The average Bonchev–Trinajstić information content (AvgIpc) is 3.16. The summed E-state index contributed by atoms with van der Waals surface area (Å²) in [4.78, 5) is 33.6. The van der Waals surface area contributed by atoms with Gasteiger partial charge in [-0.15, -0.1) is 0 Å². The number of imidazole rings is 1. The first kappa shape index (κ1) is 17.5. The minimum absolute atomic E-state index is 0.184. The number of nitrogens with one attached hydrogen (secondary N) is 3. The Morgan fingerprint density at radius 2 is 2.35 bits per heavy atom. The van der Waals surface area contributed by atoms with Crippen molar-refractivity contribution in [2.24, 2.45) is 0 Å². The van der Waals surface area contributed by atoms with Crippen LogP contribution in [0.2, 0.25) is 0 Å². The van der Waals surface area contributed by atoms with Crippen molar-refractivity contribution < 1.29 is 9.59 Å². The van der Waals surface area contributed by atoms with E-state index in [2.05, 4.69) is 26.7 Å². The lowest BCUT2D eigenvalue weighted by Gasteiger charge is -2.35. The van der Waals surface area contributed by atoms with E-state index in [1.165, 1.54) is 4.90 Å². The first-order valence-electron chi connectivity index (χ1n) is 8.48. The molecule has 1 aliphatic heterocycles. The molecule has 2 heterocycles. The smallest absolute Gasteiger partial charge is 0.322 e. The van der Waals surface area contributed by atoms with Crippen LogP contribution in [0.4, 0.5) is 10.5 Å². The van der Waals surface area contributed by atoms with E-state index < -0.39 is 6.04 Å². The van der Waals surface area contributed by atoms with Crippen molar-refractivity contribution in [3.8, 4) is 6.07 Å². The lowest BCUT2D eigenvalue weighted by molar-refractivity contribution is -0.127. The molecular weight excluding hydrogens is 332 g/mol. The molecule has 3 amide bonds. The second-order valence-electron chi connectivity index (χ2n) is 6.05. The molecule has 1 aliphatic rings. The minimum Gasteiger partial charge on any atom is -0.353 e. The van der Waals surface area contributed by atoms with Gasteiger partial charge in [0.15, 0.2) is 0 Å². The van der Waals surface area contributed by atoms with E-state index in [0.29, 0.717) is 37.2 Å². The maximum Gasteiger partial charge on any atom is 0.322 e.